The van der Waals surface area contributed by atoms with Gasteiger partial charge in [0.05, 0.1) is 5.39 Å². The highest BCUT2D eigenvalue weighted by Gasteiger charge is 2.19. The first-order valence-electron chi connectivity index (χ1n) is 9.57. The van der Waals surface area contributed by atoms with Crippen molar-refractivity contribution < 1.29 is 9.47 Å². The van der Waals surface area contributed by atoms with Crippen LogP contribution in [0.5, 0.6) is 11.5 Å². The van der Waals surface area contributed by atoms with Gasteiger partial charge in [0.15, 0.2) is 11.5 Å². The van der Waals surface area contributed by atoms with Crippen molar-refractivity contribution in [2.75, 3.05) is 6.79 Å². The number of aromatic amines is 1. The highest BCUT2D eigenvalue weighted by molar-refractivity contribution is 7.18. The van der Waals surface area contributed by atoms with E-state index in [-0.39, 0.29) is 17.9 Å². The summed E-state index contributed by atoms with van der Waals surface area (Å²) in [4.78, 5) is 30.9. The minimum Gasteiger partial charge on any atom is -0.454 e. The molecule has 30 heavy (non-hydrogen) atoms. The van der Waals surface area contributed by atoms with Crippen molar-refractivity contribution in [2.45, 2.75) is 13.3 Å². The van der Waals surface area contributed by atoms with E-state index < -0.39 is 0 Å². The lowest BCUT2D eigenvalue weighted by Gasteiger charge is -2.07. The maximum Gasteiger partial charge on any atom is 0.265 e. The quantitative estimate of drug-likeness (QED) is 0.442. The first kappa shape index (κ1) is 17.3. The van der Waals surface area contributed by atoms with Crippen LogP contribution in [0.15, 0.2) is 58.1 Å². The van der Waals surface area contributed by atoms with Gasteiger partial charge in [-0.25, -0.2) is 0 Å². The molecule has 0 saturated heterocycles. The number of aromatic nitrogens is 2. The van der Waals surface area contributed by atoms with Crippen molar-refractivity contribution in [1.82, 2.24) is 9.38 Å². The highest BCUT2D eigenvalue weighted by atomic mass is 32.1. The number of hydrogen-bond acceptors (Lipinski definition) is 5. The zero-order valence-corrected chi connectivity index (χ0v) is 16.8. The molecule has 4 heterocycles. The number of rotatable bonds is 2. The molecule has 3 aromatic heterocycles. The number of fused-ring (bicyclic) bond motifs is 5. The van der Waals surface area contributed by atoms with Crippen LogP contribution in [0.25, 0.3) is 26.6 Å². The Morgan fingerprint density at radius 2 is 1.90 bits per heavy atom. The molecular weight excluding hydrogens is 400 g/mol. The van der Waals surface area contributed by atoms with E-state index in [1.54, 1.807) is 4.40 Å². The highest BCUT2D eigenvalue weighted by Crippen LogP contribution is 2.35. The normalized spacial score (nSPS) is 13.0. The van der Waals surface area contributed by atoms with Crippen molar-refractivity contribution in [1.29, 1.82) is 0 Å². The number of thiophene rings is 1. The monoisotopic (exact) mass is 416 g/mol. The Bertz CT molecular complexity index is 1610. The second-order valence-corrected chi connectivity index (χ2v) is 8.60. The van der Waals surface area contributed by atoms with E-state index in [0.717, 1.165) is 27.1 Å². The smallest absolute Gasteiger partial charge is 0.265 e. The van der Waals surface area contributed by atoms with Crippen molar-refractivity contribution in [3.05, 3.63) is 85.2 Å². The molecule has 2 aromatic carbocycles. The lowest BCUT2D eigenvalue weighted by atomic mass is 10.0. The second-order valence-electron chi connectivity index (χ2n) is 7.39. The van der Waals surface area contributed by atoms with Gasteiger partial charge < -0.3 is 14.5 Å². The van der Waals surface area contributed by atoms with Crippen LogP contribution in [0.3, 0.4) is 0 Å². The van der Waals surface area contributed by atoms with Gasteiger partial charge in [0.1, 0.15) is 10.5 Å². The molecule has 0 aliphatic carbocycles. The van der Waals surface area contributed by atoms with Crippen molar-refractivity contribution in [3.8, 4) is 11.5 Å². The third-order valence-electron chi connectivity index (χ3n) is 5.61. The number of pyridine rings is 1. The molecule has 6 rings (SSSR count). The third-order valence-corrected chi connectivity index (χ3v) is 6.74. The molecule has 0 spiro atoms. The third kappa shape index (κ3) is 2.42. The second kappa shape index (κ2) is 6.21. The molecule has 0 radical (unpaired) electrons. The summed E-state index contributed by atoms with van der Waals surface area (Å²) in [5.41, 5.74) is 2.15. The molecule has 0 saturated carbocycles. The van der Waals surface area contributed by atoms with Crippen LogP contribution in [-0.2, 0) is 6.42 Å². The van der Waals surface area contributed by atoms with Crippen molar-refractivity contribution in [2.24, 2.45) is 0 Å². The molecule has 0 amide bonds. The predicted octanol–water partition coefficient (Wildman–Crippen LogP) is 3.98. The Hall–Kier alpha value is -3.58. The molecule has 1 aliphatic rings. The fraction of sp³-hybridized carbons (Fsp3) is 0.130. The van der Waals surface area contributed by atoms with Gasteiger partial charge in [0.25, 0.3) is 11.1 Å². The van der Waals surface area contributed by atoms with Gasteiger partial charge in [0, 0.05) is 10.3 Å². The predicted molar refractivity (Wildman–Crippen MR) is 117 cm³/mol. The van der Waals surface area contributed by atoms with Gasteiger partial charge >= 0.3 is 0 Å². The molecule has 5 aromatic rings. The number of ether oxygens (including phenoxy) is 2. The van der Waals surface area contributed by atoms with Crippen LogP contribution >= 0.6 is 11.3 Å². The molecule has 148 valence electrons. The molecule has 0 fully saturated rings. The van der Waals surface area contributed by atoms with Gasteiger partial charge in [-0.3, -0.25) is 14.0 Å². The first-order chi connectivity index (χ1) is 14.6. The largest absolute Gasteiger partial charge is 0.454 e. The topological polar surface area (TPSA) is 72.8 Å². The van der Waals surface area contributed by atoms with Gasteiger partial charge in [-0.05, 0) is 54.1 Å². The lowest BCUT2D eigenvalue weighted by Crippen LogP contribution is -2.19. The minimum absolute atomic E-state index is 0.125. The lowest BCUT2D eigenvalue weighted by molar-refractivity contribution is 0.174. The number of benzene rings is 2. The van der Waals surface area contributed by atoms with Crippen molar-refractivity contribution in [3.63, 3.8) is 0 Å². The maximum absolute atomic E-state index is 13.2. The summed E-state index contributed by atoms with van der Waals surface area (Å²) in [6, 6.07) is 15.1. The summed E-state index contributed by atoms with van der Waals surface area (Å²) in [7, 11) is 0. The van der Waals surface area contributed by atoms with Gasteiger partial charge in [-0.2, -0.15) is 0 Å². The zero-order valence-electron chi connectivity index (χ0n) is 16.0. The van der Waals surface area contributed by atoms with Crippen molar-refractivity contribution >= 4 is 38.0 Å². The summed E-state index contributed by atoms with van der Waals surface area (Å²) in [6.07, 6.45) is 0.569. The fourth-order valence-corrected chi connectivity index (χ4v) is 5.33. The Morgan fingerprint density at radius 3 is 2.80 bits per heavy atom. The first-order valence-corrected chi connectivity index (χ1v) is 10.4. The van der Waals surface area contributed by atoms with Gasteiger partial charge in [0.2, 0.25) is 6.79 Å². The number of H-pyrrole nitrogens is 1. The molecule has 0 atom stereocenters. The van der Waals surface area contributed by atoms with Crippen LogP contribution in [0, 0.1) is 6.92 Å². The summed E-state index contributed by atoms with van der Waals surface area (Å²) in [5, 5.41) is 2.01. The number of nitrogens with zero attached hydrogens (tertiary/aromatic N) is 1. The molecule has 7 heteroatoms. The van der Waals surface area contributed by atoms with Crippen LogP contribution in [0.4, 0.5) is 0 Å². The average Bonchev–Trinajstić information content (AvgIpc) is 3.32. The molecular formula is C23H16N2O4S. The molecule has 6 nitrogen and oxygen atoms in total. The Labute approximate surface area is 173 Å². The summed E-state index contributed by atoms with van der Waals surface area (Å²) < 4.78 is 12.5. The van der Waals surface area contributed by atoms with E-state index in [1.165, 1.54) is 11.3 Å². The molecule has 0 bridgehead atoms. The number of aryl methyl sites for hydroxylation is 1. The van der Waals surface area contributed by atoms with E-state index >= 15 is 0 Å². The number of nitrogens with one attached hydrogen (secondary N) is 1. The van der Waals surface area contributed by atoms with E-state index in [2.05, 4.69) is 4.98 Å². The Balaban J connectivity index is 1.62. The Kier molecular flexibility index (Phi) is 3.58. The number of hydrogen-bond donors (Lipinski definition) is 1. The average molecular weight is 416 g/mol. The zero-order chi connectivity index (χ0) is 20.4. The minimum atomic E-state index is -0.181. The molecule has 0 unspecified atom stereocenters. The van der Waals surface area contributed by atoms with Gasteiger partial charge in [-0.1, -0.05) is 24.3 Å². The molecule has 1 N–H and O–H groups in total. The van der Waals surface area contributed by atoms with Crippen LogP contribution in [0.2, 0.25) is 0 Å². The Morgan fingerprint density at radius 1 is 1.07 bits per heavy atom. The van der Waals surface area contributed by atoms with E-state index in [0.29, 0.717) is 33.4 Å². The van der Waals surface area contributed by atoms with E-state index in [1.807, 2.05) is 55.5 Å². The van der Waals surface area contributed by atoms with Crippen LogP contribution < -0.4 is 20.6 Å². The molecule has 1 aliphatic heterocycles. The van der Waals surface area contributed by atoms with E-state index in [4.69, 9.17) is 9.47 Å². The summed E-state index contributed by atoms with van der Waals surface area (Å²) in [6.45, 7) is 2.21. The SMILES string of the molecule is Cc1sc2c(c1Cc1ccc3c(c1)OCO3)c(=O)[nH]c1cc3ccccc3c(=O)n12. The van der Waals surface area contributed by atoms with Crippen LogP contribution in [0.1, 0.15) is 16.0 Å². The fourth-order valence-electron chi connectivity index (χ4n) is 4.15. The standard InChI is InChI=1S/C23H16N2O4S/c1-12-16(8-13-6-7-17-18(9-13)29-11-28-17)20-21(26)24-19-10-14-4-2-3-5-15(14)22(27)25(19)23(20)30-12/h2-7,9-10H,8,11H2,1H3,(H,24,26). The maximum atomic E-state index is 13.2. The summed E-state index contributed by atoms with van der Waals surface area (Å²) >= 11 is 1.48. The summed E-state index contributed by atoms with van der Waals surface area (Å²) in [5.74, 6) is 1.44. The van der Waals surface area contributed by atoms with Gasteiger partial charge in [-0.15, -0.1) is 11.3 Å². The van der Waals surface area contributed by atoms with Crippen LogP contribution in [-0.4, -0.2) is 16.2 Å². The van der Waals surface area contributed by atoms with E-state index in [9.17, 15) is 9.59 Å².